The van der Waals surface area contributed by atoms with Crippen molar-refractivity contribution in [2.75, 3.05) is 24.6 Å². The summed E-state index contributed by atoms with van der Waals surface area (Å²) in [5, 5.41) is 7.38. The largest absolute Gasteiger partial charge is 0.315 e. The molecule has 0 spiro atoms. The Hall–Kier alpha value is -0.680. The zero-order valence-corrected chi connectivity index (χ0v) is 10.2. The van der Waals surface area contributed by atoms with Crippen LogP contribution < -0.4 is 5.32 Å². The molecule has 1 N–H and O–H groups in total. The molecule has 86 valence electrons. The molecule has 1 heterocycles. The van der Waals surface area contributed by atoms with Crippen molar-refractivity contribution in [3.05, 3.63) is 18.0 Å². The van der Waals surface area contributed by atoms with Crippen molar-refractivity contribution in [1.82, 2.24) is 15.1 Å². The molecule has 0 saturated heterocycles. The van der Waals surface area contributed by atoms with Crippen LogP contribution in [0.15, 0.2) is 12.4 Å². The van der Waals surface area contributed by atoms with E-state index in [2.05, 4.69) is 10.4 Å². The molecule has 0 saturated carbocycles. The highest BCUT2D eigenvalue weighted by molar-refractivity contribution is 7.84. The molecule has 0 fully saturated rings. The first-order chi connectivity index (χ1) is 7.22. The van der Waals surface area contributed by atoms with Crippen LogP contribution in [-0.4, -0.2) is 38.6 Å². The Morgan fingerprint density at radius 2 is 2.33 bits per heavy atom. The first-order valence-corrected chi connectivity index (χ1v) is 6.74. The van der Waals surface area contributed by atoms with E-state index in [1.165, 1.54) is 5.56 Å². The van der Waals surface area contributed by atoms with Crippen LogP contribution in [0.2, 0.25) is 0 Å². The lowest BCUT2D eigenvalue weighted by Gasteiger charge is -2.02. The molecule has 1 rings (SSSR count). The molecule has 0 aliphatic heterocycles. The van der Waals surface area contributed by atoms with Crippen LogP contribution in [-0.2, 0) is 24.3 Å². The second-order valence-electron chi connectivity index (χ2n) is 3.45. The quantitative estimate of drug-likeness (QED) is 0.685. The molecule has 1 unspecified atom stereocenters. The summed E-state index contributed by atoms with van der Waals surface area (Å²) in [4.78, 5) is 0. The third kappa shape index (κ3) is 5.09. The van der Waals surface area contributed by atoms with Gasteiger partial charge in [-0.2, -0.15) is 5.10 Å². The summed E-state index contributed by atoms with van der Waals surface area (Å²) in [5.41, 5.74) is 1.24. The highest BCUT2D eigenvalue weighted by Crippen LogP contribution is 1.95. The highest BCUT2D eigenvalue weighted by Gasteiger charge is 1.97. The summed E-state index contributed by atoms with van der Waals surface area (Å²) in [5.74, 6) is 1.51. The van der Waals surface area contributed by atoms with Gasteiger partial charge in [0.25, 0.3) is 0 Å². The van der Waals surface area contributed by atoms with Crippen LogP contribution in [0.4, 0.5) is 0 Å². The first-order valence-electron chi connectivity index (χ1n) is 5.25. The van der Waals surface area contributed by atoms with Crippen LogP contribution in [0.1, 0.15) is 12.5 Å². The van der Waals surface area contributed by atoms with Crippen molar-refractivity contribution < 1.29 is 4.21 Å². The molecule has 0 aromatic carbocycles. The van der Waals surface area contributed by atoms with Crippen LogP contribution in [0.25, 0.3) is 0 Å². The standard InChI is InChI=1S/C10H19N3OS/c1-3-15(14)7-6-11-5-4-10-8-12-13(2)9-10/h8-9,11H,3-7H2,1-2H3. The monoisotopic (exact) mass is 229 g/mol. The summed E-state index contributed by atoms with van der Waals surface area (Å²) in [6.07, 6.45) is 4.88. The fraction of sp³-hybridized carbons (Fsp3) is 0.700. The molecule has 0 aliphatic carbocycles. The second kappa shape index (κ2) is 6.74. The fourth-order valence-corrected chi connectivity index (χ4v) is 1.95. The molecule has 4 nitrogen and oxygen atoms in total. The fourth-order valence-electron chi connectivity index (χ4n) is 1.29. The predicted octanol–water partition coefficient (Wildman–Crippen LogP) is 0.321. The maximum atomic E-state index is 11.1. The highest BCUT2D eigenvalue weighted by atomic mass is 32.2. The molecular weight excluding hydrogens is 210 g/mol. The van der Waals surface area contributed by atoms with Crippen LogP contribution >= 0.6 is 0 Å². The summed E-state index contributed by atoms with van der Waals surface area (Å²) < 4.78 is 12.9. The molecule has 1 atom stereocenters. The predicted molar refractivity (Wildman–Crippen MR) is 63.3 cm³/mol. The average Bonchev–Trinajstić information content (AvgIpc) is 2.63. The number of aromatic nitrogens is 2. The van der Waals surface area contributed by atoms with Crippen molar-refractivity contribution in [3.63, 3.8) is 0 Å². The van der Waals surface area contributed by atoms with Crippen molar-refractivity contribution in [2.24, 2.45) is 7.05 Å². The van der Waals surface area contributed by atoms with Crippen LogP contribution in [0, 0.1) is 0 Å². The van der Waals surface area contributed by atoms with Crippen LogP contribution in [0.3, 0.4) is 0 Å². The topological polar surface area (TPSA) is 46.9 Å². The Kier molecular flexibility index (Phi) is 5.57. The Balaban J connectivity index is 2.05. The zero-order chi connectivity index (χ0) is 11.1. The van der Waals surface area contributed by atoms with Gasteiger partial charge in [-0.25, -0.2) is 0 Å². The molecule has 0 bridgehead atoms. The van der Waals surface area contributed by atoms with Gasteiger partial charge in [0.05, 0.1) is 6.20 Å². The third-order valence-corrected chi connectivity index (χ3v) is 3.48. The number of aryl methyl sites for hydroxylation is 1. The van der Waals surface area contributed by atoms with E-state index in [9.17, 15) is 4.21 Å². The number of nitrogens with one attached hydrogen (secondary N) is 1. The number of hydrogen-bond donors (Lipinski definition) is 1. The van der Waals surface area contributed by atoms with Gasteiger partial charge in [0.2, 0.25) is 0 Å². The van der Waals surface area contributed by atoms with E-state index in [1.54, 1.807) is 0 Å². The molecule has 0 radical (unpaired) electrons. The smallest absolute Gasteiger partial charge is 0.0522 e. The number of rotatable bonds is 7. The van der Waals surface area contributed by atoms with Gasteiger partial charge in [-0.15, -0.1) is 0 Å². The van der Waals surface area contributed by atoms with E-state index < -0.39 is 10.8 Å². The molecule has 0 amide bonds. The van der Waals surface area contributed by atoms with Crippen molar-refractivity contribution >= 4 is 10.8 Å². The van der Waals surface area contributed by atoms with Crippen molar-refractivity contribution in [1.29, 1.82) is 0 Å². The lowest BCUT2D eigenvalue weighted by molar-refractivity contribution is 0.673. The maximum absolute atomic E-state index is 11.1. The number of nitrogens with zero attached hydrogens (tertiary/aromatic N) is 2. The van der Waals surface area contributed by atoms with Gasteiger partial charge in [0.1, 0.15) is 0 Å². The van der Waals surface area contributed by atoms with E-state index >= 15 is 0 Å². The van der Waals surface area contributed by atoms with Gasteiger partial charge >= 0.3 is 0 Å². The minimum Gasteiger partial charge on any atom is -0.315 e. The third-order valence-electron chi connectivity index (χ3n) is 2.18. The van der Waals surface area contributed by atoms with Gasteiger partial charge in [0, 0.05) is 42.1 Å². The second-order valence-corrected chi connectivity index (χ2v) is 5.32. The molecule has 15 heavy (non-hydrogen) atoms. The molecule has 1 aromatic rings. The molecule has 1 aromatic heterocycles. The van der Waals surface area contributed by atoms with Crippen molar-refractivity contribution in [2.45, 2.75) is 13.3 Å². The lowest BCUT2D eigenvalue weighted by atomic mass is 10.2. The Labute approximate surface area is 93.5 Å². The lowest BCUT2D eigenvalue weighted by Crippen LogP contribution is -2.23. The van der Waals surface area contributed by atoms with Crippen LogP contribution in [0.5, 0.6) is 0 Å². The summed E-state index contributed by atoms with van der Waals surface area (Å²) in [6.45, 7) is 3.71. The summed E-state index contributed by atoms with van der Waals surface area (Å²) in [7, 11) is 1.27. The van der Waals surface area contributed by atoms with E-state index in [1.807, 2.05) is 31.0 Å². The van der Waals surface area contributed by atoms with Gasteiger partial charge in [-0.05, 0) is 18.5 Å². The summed E-state index contributed by atoms with van der Waals surface area (Å²) in [6, 6.07) is 0. The molecule has 0 aliphatic rings. The van der Waals surface area contributed by atoms with Crippen molar-refractivity contribution in [3.8, 4) is 0 Å². The normalized spacial score (nSPS) is 12.9. The van der Waals surface area contributed by atoms with E-state index in [-0.39, 0.29) is 0 Å². The van der Waals surface area contributed by atoms with Gasteiger partial charge < -0.3 is 5.32 Å². The maximum Gasteiger partial charge on any atom is 0.0522 e. The Morgan fingerprint density at radius 1 is 1.53 bits per heavy atom. The van der Waals surface area contributed by atoms with Gasteiger partial charge in [0.15, 0.2) is 0 Å². The molecular formula is C10H19N3OS. The minimum atomic E-state index is -0.650. The zero-order valence-electron chi connectivity index (χ0n) is 9.40. The van der Waals surface area contributed by atoms with E-state index in [0.29, 0.717) is 0 Å². The summed E-state index contributed by atoms with van der Waals surface area (Å²) >= 11 is 0. The van der Waals surface area contributed by atoms with Gasteiger partial charge in [-0.1, -0.05) is 6.92 Å². The number of hydrogen-bond acceptors (Lipinski definition) is 3. The van der Waals surface area contributed by atoms with E-state index in [0.717, 1.165) is 31.0 Å². The SMILES string of the molecule is CCS(=O)CCNCCc1cnn(C)c1. The Bertz CT molecular complexity index is 311. The van der Waals surface area contributed by atoms with E-state index in [4.69, 9.17) is 0 Å². The van der Waals surface area contributed by atoms with Gasteiger partial charge in [-0.3, -0.25) is 8.89 Å². The Morgan fingerprint density at radius 3 is 2.93 bits per heavy atom. The first kappa shape index (κ1) is 12.4. The molecule has 5 heteroatoms. The minimum absolute atomic E-state index is 0.650. The average molecular weight is 229 g/mol.